The Labute approximate surface area is 181 Å². The van der Waals surface area contributed by atoms with Crippen molar-refractivity contribution in [3.8, 4) is 17.2 Å². The second-order valence-electron chi connectivity index (χ2n) is 6.15. The molecule has 29 heavy (non-hydrogen) atoms. The van der Waals surface area contributed by atoms with Crippen LogP contribution in [0, 0.1) is 0 Å². The number of ether oxygens (including phenoxy) is 3. The molecule has 0 aromatic heterocycles. The van der Waals surface area contributed by atoms with E-state index < -0.39 is 0 Å². The molecule has 0 aliphatic heterocycles. The third-order valence-corrected chi connectivity index (χ3v) is 4.53. The predicted molar refractivity (Wildman–Crippen MR) is 118 cm³/mol. The zero-order chi connectivity index (χ0) is 21.1. The van der Waals surface area contributed by atoms with Crippen molar-refractivity contribution in [2.45, 2.75) is 19.3 Å². The average Bonchev–Trinajstić information content (AvgIpc) is 2.72. The second kappa shape index (κ2) is 12.1. The van der Waals surface area contributed by atoms with Crippen LogP contribution in [-0.2, 0) is 11.2 Å². The molecule has 0 radical (unpaired) electrons. The molecule has 0 saturated carbocycles. The monoisotopic (exact) mass is 436 g/mol. The number of carbonyl (C=O) groups excluding carboxylic acids is 1. The Balaban J connectivity index is 1.62. The molecule has 6 nitrogen and oxygen atoms in total. The van der Waals surface area contributed by atoms with Crippen molar-refractivity contribution < 1.29 is 19.0 Å². The Hall–Kier alpha value is -2.51. The lowest BCUT2D eigenvalue weighted by Gasteiger charge is -2.12. The molecule has 2 aromatic rings. The molecule has 0 atom stereocenters. The van der Waals surface area contributed by atoms with Crippen LogP contribution in [0.15, 0.2) is 42.5 Å². The Morgan fingerprint density at radius 3 is 2.48 bits per heavy atom. The Morgan fingerprint density at radius 2 is 1.79 bits per heavy atom. The van der Waals surface area contributed by atoms with E-state index >= 15 is 0 Å². The van der Waals surface area contributed by atoms with Crippen molar-refractivity contribution in [3.05, 3.63) is 53.1 Å². The first kappa shape index (κ1) is 22.8. The van der Waals surface area contributed by atoms with Crippen molar-refractivity contribution >= 4 is 34.8 Å². The highest BCUT2D eigenvalue weighted by atomic mass is 35.5. The van der Waals surface area contributed by atoms with Crippen molar-refractivity contribution in [2.75, 3.05) is 27.4 Å². The van der Waals surface area contributed by atoms with Crippen LogP contribution in [0.3, 0.4) is 0 Å². The van der Waals surface area contributed by atoms with Crippen LogP contribution >= 0.6 is 23.8 Å². The smallest absolute Gasteiger partial charge is 0.226 e. The summed E-state index contributed by atoms with van der Waals surface area (Å²) in [5.41, 5.74) is 1.07. The van der Waals surface area contributed by atoms with Gasteiger partial charge in [0.2, 0.25) is 5.91 Å². The number of amides is 1. The maximum atomic E-state index is 12.0. The maximum absolute atomic E-state index is 12.0. The summed E-state index contributed by atoms with van der Waals surface area (Å²) < 4.78 is 16.1. The standard InChI is InChI=1S/C21H25ClN2O4S/c1-26-18-10-5-15(14-19(18)27-2)11-12-23-21(29)24-20(25)4-3-13-28-17-8-6-16(22)7-9-17/h5-10,14H,3-4,11-13H2,1-2H3,(H2,23,24,25,29). The van der Waals surface area contributed by atoms with Gasteiger partial charge in [-0.2, -0.15) is 0 Å². The molecule has 0 aliphatic rings. The average molecular weight is 437 g/mol. The second-order valence-corrected chi connectivity index (χ2v) is 6.99. The fourth-order valence-electron chi connectivity index (χ4n) is 2.54. The van der Waals surface area contributed by atoms with Gasteiger partial charge in [0.25, 0.3) is 0 Å². The summed E-state index contributed by atoms with van der Waals surface area (Å²) in [5, 5.41) is 6.68. The molecule has 1 amide bonds. The topological polar surface area (TPSA) is 68.8 Å². The number of carbonyl (C=O) groups is 1. The third-order valence-electron chi connectivity index (χ3n) is 4.03. The summed E-state index contributed by atoms with van der Waals surface area (Å²) in [6.07, 6.45) is 1.64. The van der Waals surface area contributed by atoms with Crippen molar-refractivity contribution in [2.24, 2.45) is 0 Å². The SMILES string of the molecule is COc1ccc(CCNC(=S)NC(=O)CCCOc2ccc(Cl)cc2)cc1OC. The van der Waals surface area contributed by atoms with Crippen molar-refractivity contribution in [3.63, 3.8) is 0 Å². The zero-order valence-corrected chi connectivity index (χ0v) is 18.1. The van der Waals surface area contributed by atoms with Crippen LogP contribution in [0.1, 0.15) is 18.4 Å². The molecule has 156 valence electrons. The van der Waals surface area contributed by atoms with E-state index in [4.69, 9.17) is 38.0 Å². The number of nitrogens with one attached hydrogen (secondary N) is 2. The number of benzene rings is 2. The Kier molecular flexibility index (Phi) is 9.53. The summed E-state index contributed by atoms with van der Waals surface area (Å²) >= 11 is 11.0. The molecule has 0 saturated heterocycles. The van der Waals surface area contributed by atoms with Crippen LogP contribution in [0.25, 0.3) is 0 Å². The number of hydrogen-bond acceptors (Lipinski definition) is 5. The van der Waals surface area contributed by atoms with E-state index in [0.717, 1.165) is 17.7 Å². The van der Waals surface area contributed by atoms with Crippen LogP contribution in [0.5, 0.6) is 17.2 Å². The van der Waals surface area contributed by atoms with E-state index in [-0.39, 0.29) is 5.91 Å². The summed E-state index contributed by atoms with van der Waals surface area (Å²) in [4.78, 5) is 12.0. The normalized spacial score (nSPS) is 10.2. The van der Waals surface area contributed by atoms with Gasteiger partial charge >= 0.3 is 0 Å². The lowest BCUT2D eigenvalue weighted by Crippen LogP contribution is -2.40. The molecule has 0 fully saturated rings. The number of halogens is 1. The molecule has 2 rings (SSSR count). The van der Waals surface area contributed by atoms with E-state index in [1.165, 1.54) is 0 Å². The first-order valence-corrected chi connectivity index (χ1v) is 9.97. The Morgan fingerprint density at radius 1 is 1.07 bits per heavy atom. The number of hydrogen-bond donors (Lipinski definition) is 2. The van der Waals surface area contributed by atoms with Crippen LogP contribution < -0.4 is 24.8 Å². The summed E-state index contributed by atoms with van der Waals surface area (Å²) in [6, 6.07) is 12.8. The van der Waals surface area contributed by atoms with Crippen LogP contribution in [0.2, 0.25) is 5.02 Å². The zero-order valence-electron chi connectivity index (χ0n) is 16.5. The molecule has 0 aliphatic carbocycles. The molecule has 0 bridgehead atoms. The maximum Gasteiger partial charge on any atom is 0.226 e. The molecular weight excluding hydrogens is 412 g/mol. The molecule has 0 heterocycles. The molecule has 2 N–H and O–H groups in total. The number of methoxy groups -OCH3 is 2. The van der Waals surface area contributed by atoms with Gasteiger partial charge < -0.3 is 24.8 Å². The van der Waals surface area contributed by atoms with E-state index in [1.807, 2.05) is 18.2 Å². The minimum Gasteiger partial charge on any atom is -0.494 e. The van der Waals surface area contributed by atoms with Gasteiger partial charge in [-0.3, -0.25) is 4.79 Å². The highest BCUT2D eigenvalue weighted by molar-refractivity contribution is 7.80. The largest absolute Gasteiger partial charge is 0.494 e. The highest BCUT2D eigenvalue weighted by Crippen LogP contribution is 2.27. The summed E-state index contributed by atoms with van der Waals surface area (Å²) in [6.45, 7) is 1.03. The Bertz CT molecular complexity index is 815. The van der Waals surface area contributed by atoms with Gasteiger partial charge in [-0.15, -0.1) is 0 Å². The molecule has 2 aromatic carbocycles. The van der Waals surface area contributed by atoms with Crippen molar-refractivity contribution in [1.82, 2.24) is 10.6 Å². The van der Waals surface area contributed by atoms with E-state index in [9.17, 15) is 4.79 Å². The summed E-state index contributed by atoms with van der Waals surface area (Å²) in [5.74, 6) is 1.95. The predicted octanol–water partition coefficient (Wildman–Crippen LogP) is 3.75. The minimum absolute atomic E-state index is 0.145. The van der Waals surface area contributed by atoms with Gasteiger partial charge in [0.15, 0.2) is 16.6 Å². The lowest BCUT2D eigenvalue weighted by molar-refractivity contribution is -0.119. The molecule has 8 heteroatoms. The highest BCUT2D eigenvalue weighted by Gasteiger charge is 2.07. The number of thiocarbonyl (C=S) groups is 1. The van der Waals surface area contributed by atoms with E-state index in [2.05, 4.69) is 10.6 Å². The van der Waals surface area contributed by atoms with Crippen LogP contribution in [0.4, 0.5) is 0 Å². The lowest BCUT2D eigenvalue weighted by atomic mass is 10.1. The molecular formula is C21H25ClN2O4S. The van der Waals surface area contributed by atoms with Crippen molar-refractivity contribution in [1.29, 1.82) is 0 Å². The molecule has 0 unspecified atom stereocenters. The molecule has 0 spiro atoms. The third kappa shape index (κ3) is 8.17. The first-order chi connectivity index (χ1) is 14.0. The number of rotatable bonds is 10. The first-order valence-electron chi connectivity index (χ1n) is 9.18. The van der Waals surface area contributed by atoms with Gasteiger partial charge in [-0.05, 0) is 67.0 Å². The van der Waals surface area contributed by atoms with E-state index in [1.54, 1.807) is 38.5 Å². The fourth-order valence-corrected chi connectivity index (χ4v) is 2.89. The van der Waals surface area contributed by atoms with Gasteiger partial charge in [-0.1, -0.05) is 17.7 Å². The minimum atomic E-state index is -0.145. The van der Waals surface area contributed by atoms with Gasteiger partial charge in [-0.25, -0.2) is 0 Å². The van der Waals surface area contributed by atoms with Gasteiger partial charge in [0.1, 0.15) is 5.75 Å². The van der Waals surface area contributed by atoms with E-state index in [0.29, 0.717) is 47.6 Å². The van der Waals surface area contributed by atoms with Gasteiger partial charge in [0.05, 0.1) is 20.8 Å². The fraction of sp³-hybridized carbons (Fsp3) is 0.333. The summed E-state index contributed by atoms with van der Waals surface area (Å²) in [7, 11) is 3.20. The quantitative estimate of drug-likeness (QED) is 0.436. The van der Waals surface area contributed by atoms with Crippen LogP contribution in [-0.4, -0.2) is 38.4 Å². The van der Waals surface area contributed by atoms with Gasteiger partial charge in [0, 0.05) is 18.0 Å².